The van der Waals surface area contributed by atoms with Gasteiger partial charge < -0.3 is 15.4 Å². The number of carbonyl (C=O) groups is 2. The number of benzene rings is 1. The van der Waals surface area contributed by atoms with Crippen molar-refractivity contribution in [2.24, 2.45) is 24.8 Å². The number of amides is 1. The number of nitrogens with zero attached hydrogens (tertiary/aromatic N) is 3. The zero-order chi connectivity index (χ0) is 35.5. The van der Waals surface area contributed by atoms with Crippen LogP contribution >= 0.6 is 0 Å². The molecule has 2 aliphatic rings. The summed E-state index contributed by atoms with van der Waals surface area (Å²) in [5.41, 5.74) is -0.887. The van der Waals surface area contributed by atoms with E-state index in [1.165, 1.54) is 29.8 Å². The van der Waals surface area contributed by atoms with Crippen molar-refractivity contribution in [2.75, 3.05) is 11.9 Å². The van der Waals surface area contributed by atoms with Gasteiger partial charge in [-0.05, 0) is 67.7 Å². The number of nitrogens with one attached hydrogen (secondary N) is 2. The molecule has 2 N–H and O–H groups in total. The number of carbonyl (C=O) groups excluding carboxylic acids is 2. The molecular weight excluding hydrogens is 666 g/mol. The summed E-state index contributed by atoms with van der Waals surface area (Å²) in [7, 11) is 1.44. The SMILES string of the molecule is Cn1c(Nc2cc(CNC(=O)C3CC3)ccc2C(F)(F)F)nc2cc(C(=O)CCCC3CCC(CC(F)(F)F)CC3)c(OCC(F)F)nc21. The summed E-state index contributed by atoms with van der Waals surface area (Å²) < 4.78 is 113. The third-order valence-corrected chi connectivity index (χ3v) is 9.01. The van der Waals surface area contributed by atoms with Crippen LogP contribution in [0.5, 0.6) is 5.88 Å². The second kappa shape index (κ2) is 14.9. The van der Waals surface area contributed by atoms with Crippen molar-refractivity contribution in [1.29, 1.82) is 0 Å². The van der Waals surface area contributed by atoms with Gasteiger partial charge in [0.25, 0.3) is 6.43 Å². The maximum Gasteiger partial charge on any atom is 0.418 e. The fourth-order valence-electron chi connectivity index (χ4n) is 6.25. The van der Waals surface area contributed by atoms with Crippen molar-refractivity contribution in [1.82, 2.24) is 19.9 Å². The number of hydrogen-bond donors (Lipinski definition) is 2. The molecule has 2 aliphatic carbocycles. The molecule has 2 heterocycles. The predicted octanol–water partition coefficient (Wildman–Crippen LogP) is 8.51. The van der Waals surface area contributed by atoms with E-state index in [2.05, 4.69) is 20.6 Å². The molecule has 5 rings (SSSR count). The number of rotatable bonds is 14. The highest BCUT2D eigenvalue weighted by Crippen LogP contribution is 2.39. The molecule has 0 atom stereocenters. The van der Waals surface area contributed by atoms with Crippen molar-refractivity contribution in [3.63, 3.8) is 0 Å². The van der Waals surface area contributed by atoms with Crippen LogP contribution in [-0.4, -0.2) is 45.4 Å². The summed E-state index contributed by atoms with van der Waals surface area (Å²) in [6.07, 6.45) is -7.86. The van der Waals surface area contributed by atoms with E-state index in [0.29, 0.717) is 44.1 Å². The quantitative estimate of drug-likeness (QED) is 0.129. The summed E-state index contributed by atoms with van der Waals surface area (Å²) in [5.74, 6) is -1.39. The van der Waals surface area contributed by atoms with Crippen molar-refractivity contribution < 1.29 is 49.4 Å². The molecule has 0 spiro atoms. The molecule has 1 aromatic carbocycles. The maximum atomic E-state index is 14.0. The van der Waals surface area contributed by atoms with Gasteiger partial charge in [0.05, 0.1) is 16.8 Å². The Hall–Kier alpha value is -3.98. The van der Waals surface area contributed by atoms with Gasteiger partial charge in [-0.3, -0.25) is 14.2 Å². The van der Waals surface area contributed by atoms with Crippen LogP contribution in [0, 0.1) is 17.8 Å². The summed E-state index contributed by atoms with van der Waals surface area (Å²) in [6, 6.07) is 4.70. The molecule has 2 fully saturated rings. The Morgan fingerprint density at radius 2 is 1.67 bits per heavy atom. The number of alkyl halides is 8. The molecule has 0 radical (unpaired) electrons. The van der Waals surface area contributed by atoms with Crippen LogP contribution < -0.4 is 15.4 Å². The van der Waals surface area contributed by atoms with E-state index in [1.807, 2.05) is 0 Å². The zero-order valence-corrected chi connectivity index (χ0v) is 26.7. The second-order valence-corrected chi connectivity index (χ2v) is 12.9. The number of fused-ring (bicyclic) bond motifs is 1. The lowest BCUT2D eigenvalue weighted by Gasteiger charge is -2.29. The number of halogens is 8. The molecule has 0 bridgehead atoms. The predicted molar refractivity (Wildman–Crippen MR) is 164 cm³/mol. The molecule has 8 nitrogen and oxygen atoms in total. The highest BCUT2D eigenvalue weighted by atomic mass is 19.4. The molecule has 0 aliphatic heterocycles. The van der Waals surface area contributed by atoms with Crippen molar-refractivity contribution in [2.45, 2.75) is 89.5 Å². The first-order valence-corrected chi connectivity index (χ1v) is 16.2. The molecule has 49 heavy (non-hydrogen) atoms. The van der Waals surface area contributed by atoms with E-state index in [9.17, 15) is 44.7 Å². The number of anilines is 2. The third-order valence-electron chi connectivity index (χ3n) is 9.01. The lowest BCUT2D eigenvalue weighted by molar-refractivity contribution is -0.147. The smallest absolute Gasteiger partial charge is 0.418 e. The average molecular weight is 704 g/mol. The number of ketones is 1. The minimum Gasteiger partial charge on any atom is -0.471 e. The third kappa shape index (κ3) is 9.81. The number of aryl methyl sites for hydroxylation is 1. The number of aromatic nitrogens is 3. The second-order valence-electron chi connectivity index (χ2n) is 12.9. The number of imidazole rings is 1. The maximum absolute atomic E-state index is 14.0. The van der Waals surface area contributed by atoms with E-state index < -0.39 is 49.1 Å². The van der Waals surface area contributed by atoms with Crippen LogP contribution in [-0.2, 0) is 24.6 Å². The fourth-order valence-corrected chi connectivity index (χ4v) is 6.25. The number of hydrogen-bond acceptors (Lipinski definition) is 6. The molecule has 1 amide bonds. The summed E-state index contributed by atoms with van der Waals surface area (Å²) in [5, 5.41) is 5.39. The van der Waals surface area contributed by atoms with Crippen molar-refractivity contribution >= 4 is 34.5 Å². The Kier molecular flexibility index (Phi) is 11.0. The number of ether oxygens (including phenoxy) is 1. The van der Waals surface area contributed by atoms with Crippen LogP contribution in [0.25, 0.3) is 11.2 Å². The topological polar surface area (TPSA) is 98.1 Å². The molecule has 0 unspecified atom stereocenters. The van der Waals surface area contributed by atoms with E-state index >= 15 is 0 Å². The summed E-state index contributed by atoms with van der Waals surface area (Å²) in [6.45, 7) is -1.04. The van der Waals surface area contributed by atoms with Gasteiger partial charge in [-0.15, -0.1) is 0 Å². The van der Waals surface area contributed by atoms with Crippen LogP contribution in [0.1, 0.15) is 85.7 Å². The fraction of sp³-hybridized carbons (Fsp3) is 0.576. The normalized spacial score (nSPS) is 18.6. The van der Waals surface area contributed by atoms with Gasteiger partial charge >= 0.3 is 12.4 Å². The van der Waals surface area contributed by atoms with E-state index in [-0.39, 0.29) is 65.0 Å². The molecular formula is C33H37F8N5O3. The first kappa shape index (κ1) is 36.3. The first-order chi connectivity index (χ1) is 23.1. The first-order valence-electron chi connectivity index (χ1n) is 16.2. The molecule has 16 heteroatoms. The number of Topliss-reactive ketones (excluding diaryl/α,β-unsaturated/α-hetero) is 1. The zero-order valence-electron chi connectivity index (χ0n) is 26.7. The van der Waals surface area contributed by atoms with Gasteiger partial charge in [-0.2, -0.15) is 31.3 Å². The van der Waals surface area contributed by atoms with Crippen LogP contribution in [0.15, 0.2) is 24.3 Å². The van der Waals surface area contributed by atoms with Gasteiger partial charge in [-0.25, -0.2) is 13.8 Å². The van der Waals surface area contributed by atoms with Crippen LogP contribution in [0.3, 0.4) is 0 Å². The molecule has 268 valence electrons. The highest BCUT2D eigenvalue weighted by Gasteiger charge is 2.35. The molecule has 3 aromatic rings. The van der Waals surface area contributed by atoms with Crippen LogP contribution in [0.4, 0.5) is 46.8 Å². The molecule has 2 saturated carbocycles. The summed E-state index contributed by atoms with van der Waals surface area (Å²) in [4.78, 5) is 33.9. The number of pyridine rings is 1. The standard InChI is InChI=1S/C33H37F8N5O3/c1-46-28-25(44-31(46)43-24-13-20(9-12-23(24)33(39,40)41)16-42-29(48)21-10-11-21)14-22(30(45-28)49-17-27(34)35)26(47)4-2-3-18-5-7-19(8-6-18)15-32(36,37)38/h9,12-14,18-19,21,27H,2-8,10-11,15-17H2,1H3,(H,42,48)(H,43,44). The average Bonchev–Trinajstić information content (AvgIpc) is 3.83. The van der Waals surface area contributed by atoms with Crippen LogP contribution in [0.2, 0.25) is 0 Å². The molecule has 0 saturated heterocycles. The van der Waals surface area contributed by atoms with Crippen molar-refractivity contribution in [3.05, 3.63) is 41.0 Å². The van der Waals surface area contributed by atoms with Gasteiger partial charge in [-0.1, -0.05) is 25.3 Å². The molecule has 2 aromatic heterocycles. The van der Waals surface area contributed by atoms with Gasteiger partial charge in [0, 0.05) is 32.4 Å². The Balaban J connectivity index is 1.32. The van der Waals surface area contributed by atoms with Gasteiger partial charge in [0.1, 0.15) is 5.52 Å². The minimum atomic E-state index is -4.74. The summed E-state index contributed by atoms with van der Waals surface area (Å²) >= 11 is 0. The lowest BCUT2D eigenvalue weighted by Crippen LogP contribution is -2.24. The lowest BCUT2D eigenvalue weighted by atomic mass is 9.78. The largest absolute Gasteiger partial charge is 0.471 e. The monoisotopic (exact) mass is 703 g/mol. The van der Waals surface area contributed by atoms with E-state index in [0.717, 1.165) is 18.9 Å². The Morgan fingerprint density at radius 1 is 0.980 bits per heavy atom. The van der Waals surface area contributed by atoms with Gasteiger partial charge in [0.2, 0.25) is 17.7 Å². The minimum absolute atomic E-state index is 0.00232. The highest BCUT2D eigenvalue weighted by molar-refractivity contribution is 6.00. The Bertz CT molecular complexity index is 1640. The van der Waals surface area contributed by atoms with Crippen molar-refractivity contribution in [3.8, 4) is 5.88 Å². The van der Waals surface area contributed by atoms with E-state index in [4.69, 9.17) is 4.74 Å². The van der Waals surface area contributed by atoms with Gasteiger partial charge in [0.15, 0.2) is 18.0 Å². The Labute approximate surface area is 277 Å². The van der Waals surface area contributed by atoms with E-state index in [1.54, 1.807) is 0 Å². The Morgan fingerprint density at radius 3 is 2.31 bits per heavy atom.